The standard InChI is InChI=1S/C25H36N4O2/c1-3-29(4-2)20-14-15-31-23(17-20)18-10-9-11-19(16-18)26-25(30)24-21-12-7-5-6-8-13-22(21)27-28-24/h9-11,16,20,23H,3-8,12-15,17H2,1-2H3,(H,26,30)(H,27,28)/t20-,23+/m1/s1. The topological polar surface area (TPSA) is 70.2 Å². The van der Waals surface area contributed by atoms with Gasteiger partial charge in [-0.05, 0) is 69.3 Å². The van der Waals surface area contributed by atoms with Crippen LogP contribution in [0.2, 0.25) is 0 Å². The van der Waals surface area contributed by atoms with Crippen molar-refractivity contribution in [1.82, 2.24) is 15.1 Å². The highest BCUT2D eigenvalue weighted by Crippen LogP contribution is 2.32. The number of anilines is 1. The SMILES string of the molecule is CCN(CC)[C@@H]1CCO[C@H](c2cccc(NC(=O)c3n[nH]c4c3CCCCCC4)c2)C1. The van der Waals surface area contributed by atoms with E-state index < -0.39 is 0 Å². The smallest absolute Gasteiger partial charge is 0.276 e. The van der Waals surface area contributed by atoms with Gasteiger partial charge in [-0.15, -0.1) is 0 Å². The maximum absolute atomic E-state index is 13.0. The summed E-state index contributed by atoms with van der Waals surface area (Å²) in [6.07, 6.45) is 8.82. The average molecular weight is 425 g/mol. The number of aromatic amines is 1. The number of aryl methyl sites for hydroxylation is 1. The molecule has 2 heterocycles. The lowest BCUT2D eigenvalue weighted by Crippen LogP contribution is -2.40. The van der Waals surface area contributed by atoms with Crippen molar-refractivity contribution in [2.45, 2.75) is 77.4 Å². The van der Waals surface area contributed by atoms with Gasteiger partial charge in [-0.2, -0.15) is 5.10 Å². The maximum Gasteiger partial charge on any atom is 0.276 e. The van der Waals surface area contributed by atoms with Gasteiger partial charge in [0.2, 0.25) is 0 Å². The van der Waals surface area contributed by atoms with Gasteiger partial charge < -0.3 is 15.0 Å². The van der Waals surface area contributed by atoms with Crippen LogP contribution >= 0.6 is 0 Å². The third-order valence-corrected chi connectivity index (χ3v) is 6.87. The van der Waals surface area contributed by atoms with E-state index in [9.17, 15) is 4.79 Å². The minimum Gasteiger partial charge on any atom is -0.373 e. The molecule has 1 aromatic carbocycles. The Morgan fingerprint density at radius 3 is 2.81 bits per heavy atom. The Bertz CT molecular complexity index is 874. The Balaban J connectivity index is 1.46. The molecule has 2 N–H and O–H groups in total. The molecule has 0 saturated carbocycles. The lowest BCUT2D eigenvalue weighted by Gasteiger charge is -2.36. The van der Waals surface area contributed by atoms with Gasteiger partial charge in [0.15, 0.2) is 5.69 Å². The number of carbonyl (C=O) groups is 1. The van der Waals surface area contributed by atoms with E-state index in [1.165, 1.54) is 12.8 Å². The second-order valence-corrected chi connectivity index (χ2v) is 8.78. The van der Waals surface area contributed by atoms with E-state index in [1.54, 1.807) is 0 Å². The van der Waals surface area contributed by atoms with Crippen LogP contribution in [0.1, 0.15) is 85.8 Å². The Kier molecular flexibility index (Phi) is 7.41. The molecule has 0 unspecified atom stereocenters. The zero-order valence-corrected chi connectivity index (χ0v) is 19.0. The normalized spacial score (nSPS) is 21.9. The van der Waals surface area contributed by atoms with E-state index in [4.69, 9.17) is 4.74 Å². The first-order valence-electron chi connectivity index (χ1n) is 12.0. The minimum atomic E-state index is -0.124. The van der Waals surface area contributed by atoms with Gasteiger partial charge in [0, 0.05) is 29.6 Å². The van der Waals surface area contributed by atoms with Crippen molar-refractivity contribution in [3.8, 4) is 0 Å². The number of hydrogen-bond donors (Lipinski definition) is 2. The molecule has 2 aliphatic rings. The molecular weight excluding hydrogens is 388 g/mol. The Morgan fingerprint density at radius 1 is 1.19 bits per heavy atom. The summed E-state index contributed by atoms with van der Waals surface area (Å²) in [5, 5.41) is 10.6. The molecule has 31 heavy (non-hydrogen) atoms. The van der Waals surface area contributed by atoms with Crippen molar-refractivity contribution in [1.29, 1.82) is 0 Å². The maximum atomic E-state index is 13.0. The summed E-state index contributed by atoms with van der Waals surface area (Å²) >= 11 is 0. The second-order valence-electron chi connectivity index (χ2n) is 8.78. The predicted octanol–water partition coefficient (Wildman–Crippen LogP) is 4.88. The first-order valence-corrected chi connectivity index (χ1v) is 12.0. The van der Waals surface area contributed by atoms with Gasteiger partial charge in [0.05, 0.1) is 6.10 Å². The molecule has 168 valence electrons. The van der Waals surface area contributed by atoms with E-state index in [0.717, 1.165) is 80.7 Å². The van der Waals surface area contributed by atoms with Crippen molar-refractivity contribution in [3.05, 3.63) is 46.8 Å². The molecule has 6 nitrogen and oxygen atoms in total. The number of nitrogens with one attached hydrogen (secondary N) is 2. The number of hydrogen-bond acceptors (Lipinski definition) is 4. The molecule has 1 aliphatic heterocycles. The van der Waals surface area contributed by atoms with Crippen LogP contribution in [-0.2, 0) is 17.6 Å². The van der Waals surface area contributed by atoms with Gasteiger partial charge in [0.25, 0.3) is 5.91 Å². The monoisotopic (exact) mass is 424 g/mol. The lowest BCUT2D eigenvalue weighted by molar-refractivity contribution is -0.0265. The third kappa shape index (κ3) is 5.18. The Labute approximate surface area is 185 Å². The number of fused-ring (bicyclic) bond motifs is 1. The number of aromatic nitrogens is 2. The van der Waals surface area contributed by atoms with Crippen molar-refractivity contribution in [2.24, 2.45) is 0 Å². The van der Waals surface area contributed by atoms with Crippen LogP contribution in [0.3, 0.4) is 0 Å². The largest absolute Gasteiger partial charge is 0.373 e. The highest BCUT2D eigenvalue weighted by atomic mass is 16.5. The summed E-state index contributed by atoms with van der Waals surface area (Å²) in [4.78, 5) is 15.5. The van der Waals surface area contributed by atoms with Crippen LogP contribution in [0.25, 0.3) is 0 Å². The van der Waals surface area contributed by atoms with Gasteiger partial charge in [-0.25, -0.2) is 0 Å². The molecule has 4 rings (SSSR count). The average Bonchev–Trinajstić information content (AvgIpc) is 3.16. The highest BCUT2D eigenvalue weighted by molar-refractivity contribution is 6.04. The fourth-order valence-corrected chi connectivity index (χ4v) is 5.11. The van der Waals surface area contributed by atoms with Crippen molar-refractivity contribution >= 4 is 11.6 Å². The Morgan fingerprint density at radius 2 is 2.00 bits per heavy atom. The fourth-order valence-electron chi connectivity index (χ4n) is 5.11. The molecule has 1 aliphatic carbocycles. The summed E-state index contributed by atoms with van der Waals surface area (Å²) in [5.74, 6) is -0.124. The molecule has 1 amide bonds. The molecule has 0 spiro atoms. The summed E-state index contributed by atoms with van der Waals surface area (Å²) in [6.45, 7) is 7.36. The van der Waals surface area contributed by atoms with Crippen molar-refractivity contribution in [3.63, 3.8) is 0 Å². The highest BCUT2D eigenvalue weighted by Gasteiger charge is 2.27. The van der Waals surface area contributed by atoms with Crippen LogP contribution in [-0.4, -0.2) is 46.7 Å². The van der Waals surface area contributed by atoms with Crippen LogP contribution in [0.5, 0.6) is 0 Å². The van der Waals surface area contributed by atoms with Gasteiger partial charge in [-0.3, -0.25) is 9.89 Å². The molecule has 1 fully saturated rings. The van der Waals surface area contributed by atoms with Crippen molar-refractivity contribution in [2.75, 3.05) is 25.0 Å². The molecule has 2 atom stereocenters. The zero-order chi connectivity index (χ0) is 21.6. The van der Waals surface area contributed by atoms with Crippen LogP contribution in [0.15, 0.2) is 24.3 Å². The number of rotatable bonds is 6. The summed E-state index contributed by atoms with van der Waals surface area (Å²) in [6, 6.07) is 8.67. The van der Waals surface area contributed by atoms with Gasteiger partial charge in [0.1, 0.15) is 0 Å². The number of amides is 1. The summed E-state index contributed by atoms with van der Waals surface area (Å²) < 4.78 is 6.11. The molecule has 1 saturated heterocycles. The molecule has 1 aromatic heterocycles. The third-order valence-electron chi connectivity index (χ3n) is 6.87. The first kappa shape index (κ1) is 22.0. The predicted molar refractivity (Wildman–Crippen MR) is 123 cm³/mol. The molecule has 2 aromatic rings. The summed E-state index contributed by atoms with van der Waals surface area (Å²) in [5.41, 5.74) is 4.73. The van der Waals surface area contributed by atoms with E-state index in [-0.39, 0.29) is 12.0 Å². The molecular formula is C25H36N4O2. The second kappa shape index (κ2) is 10.4. The van der Waals surface area contributed by atoms with Gasteiger partial charge >= 0.3 is 0 Å². The van der Waals surface area contributed by atoms with Crippen LogP contribution in [0.4, 0.5) is 5.69 Å². The minimum absolute atomic E-state index is 0.0709. The quantitative estimate of drug-likeness (QED) is 0.693. The lowest BCUT2D eigenvalue weighted by atomic mass is 9.95. The number of benzene rings is 1. The number of nitrogens with zero attached hydrogens (tertiary/aromatic N) is 2. The van der Waals surface area contributed by atoms with Crippen LogP contribution < -0.4 is 5.32 Å². The van der Waals surface area contributed by atoms with E-state index in [2.05, 4.69) is 46.4 Å². The zero-order valence-electron chi connectivity index (χ0n) is 19.0. The number of carbonyl (C=O) groups excluding carboxylic acids is 1. The Hall–Kier alpha value is -2.18. The van der Waals surface area contributed by atoms with E-state index in [0.29, 0.717) is 11.7 Å². The van der Waals surface area contributed by atoms with Crippen molar-refractivity contribution < 1.29 is 9.53 Å². The number of H-pyrrole nitrogens is 1. The molecule has 6 heteroatoms. The first-order chi connectivity index (χ1) is 15.2. The summed E-state index contributed by atoms with van der Waals surface area (Å²) in [7, 11) is 0. The van der Waals surface area contributed by atoms with E-state index >= 15 is 0 Å². The van der Waals surface area contributed by atoms with Crippen LogP contribution in [0, 0.1) is 0 Å². The fraction of sp³-hybridized carbons (Fsp3) is 0.600. The molecule has 0 bridgehead atoms. The van der Waals surface area contributed by atoms with Gasteiger partial charge in [-0.1, -0.05) is 38.8 Å². The van der Waals surface area contributed by atoms with E-state index in [1.807, 2.05) is 12.1 Å². The number of ether oxygens (including phenoxy) is 1. The molecule has 0 radical (unpaired) electrons.